The molecule has 0 spiro atoms. The van der Waals surface area contributed by atoms with E-state index in [1.54, 1.807) is 12.1 Å². The van der Waals surface area contributed by atoms with Crippen molar-refractivity contribution in [3.63, 3.8) is 0 Å². The number of piperidine rings is 1. The maximum atomic E-state index is 13.3. The second-order valence-electron chi connectivity index (χ2n) is 6.41. The van der Waals surface area contributed by atoms with Crippen LogP contribution in [0.5, 0.6) is 0 Å². The highest BCUT2D eigenvalue weighted by atomic mass is 19.4. The maximum absolute atomic E-state index is 13.3. The lowest BCUT2D eigenvalue weighted by atomic mass is 10.0. The number of nitro groups is 1. The highest BCUT2D eigenvalue weighted by molar-refractivity contribution is 5.58. The molecule has 28 heavy (non-hydrogen) atoms. The first-order chi connectivity index (χ1) is 13.3. The number of alkyl halides is 3. The van der Waals surface area contributed by atoms with Crippen LogP contribution in [0.4, 0.5) is 30.4 Å². The summed E-state index contributed by atoms with van der Waals surface area (Å²) in [5.41, 5.74) is -1.34. The van der Waals surface area contributed by atoms with Crippen molar-refractivity contribution >= 4 is 17.2 Å². The van der Waals surface area contributed by atoms with Crippen LogP contribution in [0.15, 0.2) is 36.5 Å². The number of hydrogen-bond donors (Lipinski definition) is 1. The number of hydrogen-bond acceptors (Lipinski definition) is 6. The molecule has 0 bridgehead atoms. The Kier molecular flexibility index (Phi) is 5.35. The highest BCUT2D eigenvalue weighted by Gasteiger charge is 2.36. The SMILES string of the molecule is N#Cc1ccc(N2CCC(Nc3ccc([N+](=O)[O-])cc3C(F)(F)F)CC2)nc1. The number of anilines is 2. The molecule has 0 aliphatic carbocycles. The fourth-order valence-electron chi connectivity index (χ4n) is 3.12. The first-order valence-electron chi connectivity index (χ1n) is 8.51. The second-order valence-corrected chi connectivity index (χ2v) is 6.41. The number of benzene rings is 1. The zero-order valence-corrected chi connectivity index (χ0v) is 14.6. The van der Waals surface area contributed by atoms with E-state index >= 15 is 0 Å². The molecule has 7 nitrogen and oxygen atoms in total. The Morgan fingerprint density at radius 2 is 1.96 bits per heavy atom. The van der Waals surface area contributed by atoms with E-state index < -0.39 is 22.4 Å². The molecule has 3 rings (SSSR count). The van der Waals surface area contributed by atoms with E-state index in [2.05, 4.69) is 10.3 Å². The smallest absolute Gasteiger partial charge is 0.382 e. The molecule has 1 N–H and O–H groups in total. The molecule has 1 aromatic heterocycles. The van der Waals surface area contributed by atoms with Gasteiger partial charge in [-0.15, -0.1) is 0 Å². The van der Waals surface area contributed by atoms with Crippen LogP contribution in [0.25, 0.3) is 0 Å². The fraction of sp³-hybridized carbons (Fsp3) is 0.333. The first-order valence-corrected chi connectivity index (χ1v) is 8.51. The standard InChI is InChI=1S/C18H16F3N5O2/c19-18(20,21)15-9-14(26(27)28)2-3-16(15)24-13-5-7-25(8-6-13)17-4-1-12(10-22)11-23-17/h1-4,9,11,13,24H,5-8H2. The largest absolute Gasteiger partial charge is 0.418 e. The van der Waals surface area contributed by atoms with Crippen LogP contribution in [-0.2, 0) is 6.18 Å². The number of aromatic nitrogens is 1. The molecule has 0 saturated carbocycles. The number of nitro benzene ring substituents is 1. The molecule has 2 heterocycles. The molecular formula is C18H16F3N5O2. The minimum Gasteiger partial charge on any atom is -0.382 e. The van der Waals surface area contributed by atoms with Crippen LogP contribution >= 0.6 is 0 Å². The monoisotopic (exact) mass is 391 g/mol. The van der Waals surface area contributed by atoms with Gasteiger partial charge in [0.15, 0.2) is 0 Å². The van der Waals surface area contributed by atoms with Gasteiger partial charge in [0.05, 0.1) is 16.1 Å². The molecule has 0 amide bonds. The van der Waals surface area contributed by atoms with Gasteiger partial charge < -0.3 is 10.2 Å². The van der Waals surface area contributed by atoms with Crippen LogP contribution in [0, 0.1) is 21.4 Å². The molecule has 0 radical (unpaired) electrons. The van der Waals surface area contributed by atoms with Gasteiger partial charge >= 0.3 is 6.18 Å². The Morgan fingerprint density at radius 3 is 2.50 bits per heavy atom. The lowest BCUT2D eigenvalue weighted by molar-refractivity contribution is -0.385. The third-order valence-electron chi connectivity index (χ3n) is 4.57. The summed E-state index contributed by atoms with van der Waals surface area (Å²) in [4.78, 5) is 16.2. The Morgan fingerprint density at radius 1 is 1.25 bits per heavy atom. The summed E-state index contributed by atoms with van der Waals surface area (Å²) in [6, 6.07) is 7.93. The molecule has 1 aromatic carbocycles. The van der Waals surface area contributed by atoms with Gasteiger partial charge in [-0.25, -0.2) is 4.98 Å². The minimum atomic E-state index is -4.69. The zero-order valence-electron chi connectivity index (χ0n) is 14.6. The van der Waals surface area contributed by atoms with E-state index in [4.69, 9.17) is 5.26 Å². The maximum Gasteiger partial charge on any atom is 0.418 e. The minimum absolute atomic E-state index is 0.159. The summed E-state index contributed by atoms with van der Waals surface area (Å²) in [7, 11) is 0. The number of nitrogens with one attached hydrogen (secondary N) is 1. The Hall–Kier alpha value is -3.35. The van der Waals surface area contributed by atoms with E-state index in [1.807, 2.05) is 11.0 Å². The summed E-state index contributed by atoms with van der Waals surface area (Å²) < 4.78 is 39.9. The van der Waals surface area contributed by atoms with Gasteiger partial charge in [-0.2, -0.15) is 18.4 Å². The van der Waals surface area contributed by atoms with Crippen molar-refractivity contribution in [1.82, 2.24) is 4.98 Å². The normalized spacial score (nSPS) is 15.1. The van der Waals surface area contributed by atoms with Crippen molar-refractivity contribution in [3.8, 4) is 6.07 Å². The lowest BCUT2D eigenvalue weighted by Crippen LogP contribution is -2.39. The van der Waals surface area contributed by atoms with Gasteiger partial charge in [0.2, 0.25) is 0 Å². The fourth-order valence-corrected chi connectivity index (χ4v) is 3.12. The Labute approximate surface area is 158 Å². The van der Waals surface area contributed by atoms with Crippen molar-refractivity contribution in [3.05, 3.63) is 57.8 Å². The van der Waals surface area contributed by atoms with Crippen LogP contribution in [0.2, 0.25) is 0 Å². The molecule has 1 aliphatic rings. The van der Waals surface area contributed by atoms with Crippen molar-refractivity contribution in [2.75, 3.05) is 23.3 Å². The van der Waals surface area contributed by atoms with Gasteiger partial charge in [0.25, 0.3) is 5.69 Å². The van der Waals surface area contributed by atoms with Crippen molar-refractivity contribution < 1.29 is 18.1 Å². The van der Waals surface area contributed by atoms with Gasteiger partial charge in [-0.3, -0.25) is 10.1 Å². The van der Waals surface area contributed by atoms with E-state index in [9.17, 15) is 23.3 Å². The number of pyridine rings is 1. The highest BCUT2D eigenvalue weighted by Crippen LogP contribution is 2.37. The van der Waals surface area contributed by atoms with Gasteiger partial charge in [-0.1, -0.05) is 0 Å². The van der Waals surface area contributed by atoms with Crippen LogP contribution in [0.1, 0.15) is 24.0 Å². The summed E-state index contributed by atoms with van der Waals surface area (Å²) in [6.07, 6.45) is -2.06. The van der Waals surface area contributed by atoms with Crippen LogP contribution in [-0.4, -0.2) is 29.0 Å². The number of nitriles is 1. The summed E-state index contributed by atoms with van der Waals surface area (Å²) in [5, 5.41) is 22.5. The number of halogens is 3. The summed E-state index contributed by atoms with van der Waals surface area (Å²) in [5.74, 6) is 0.712. The third-order valence-corrected chi connectivity index (χ3v) is 4.57. The first kappa shape index (κ1) is 19.4. The Bertz CT molecular complexity index is 901. The van der Waals surface area contributed by atoms with Crippen molar-refractivity contribution in [2.45, 2.75) is 25.1 Å². The van der Waals surface area contributed by atoms with E-state index in [0.717, 1.165) is 12.1 Å². The Balaban J connectivity index is 1.69. The molecule has 1 fully saturated rings. The molecule has 10 heteroatoms. The molecular weight excluding hydrogens is 375 g/mol. The molecule has 2 aromatic rings. The van der Waals surface area contributed by atoms with E-state index in [-0.39, 0.29) is 11.7 Å². The number of nitrogens with zero attached hydrogens (tertiary/aromatic N) is 4. The van der Waals surface area contributed by atoms with E-state index in [1.165, 1.54) is 6.20 Å². The number of rotatable bonds is 4. The average Bonchev–Trinajstić information content (AvgIpc) is 2.68. The van der Waals surface area contributed by atoms with E-state index in [0.29, 0.717) is 43.4 Å². The van der Waals surface area contributed by atoms with Crippen molar-refractivity contribution in [1.29, 1.82) is 5.26 Å². The second kappa shape index (κ2) is 7.72. The van der Waals surface area contributed by atoms with Crippen molar-refractivity contribution in [2.24, 2.45) is 0 Å². The molecule has 0 atom stereocenters. The summed E-state index contributed by atoms with van der Waals surface area (Å²) >= 11 is 0. The third kappa shape index (κ3) is 4.31. The summed E-state index contributed by atoms with van der Waals surface area (Å²) in [6.45, 7) is 1.18. The van der Waals surface area contributed by atoms with Crippen LogP contribution < -0.4 is 10.2 Å². The molecule has 0 unspecified atom stereocenters. The predicted octanol–water partition coefficient (Wildman–Crippen LogP) is 3.96. The average molecular weight is 391 g/mol. The topological polar surface area (TPSA) is 95.1 Å². The number of non-ortho nitro benzene ring substituents is 1. The lowest BCUT2D eigenvalue weighted by Gasteiger charge is -2.34. The van der Waals surface area contributed by atoms with Gasteiger partial charge in [0, 0.05) is 43.1 Å². The molecule has 1 saturated heterocycles. The molecule has 146 valence electrons. The molecule has 1 aliphatic heterocycles. The zero-order chi connectivity index (χ0) is 20.3. The van der Waals surface area contributed by atoms with Crippen LogP contribution in [0.3, 0.4) is 0 Å². The van der Waals surface area contributed by atoms with Gasteiger partial charge in [0.1, 0.15) is 11.9 Å². The predicted molar refractivity (Wildman–Crippen MR) is 95.9 cm³/mol. The quantitative estimate of drug-likeness (QED) is 0.626. The van der Waals surface area contributed by atoms with Gasteiger partial charge in [-0.05, 0) is 31.0 Å².